The molecule has 0 radical (unpaired) electrons. The molecule has 1 aliphatic heterocycles. The van der Waals surface area contributed by atoms with Crippen LogP contribution in [0.4, 0.5) is 0 Å². The monoisotopic (exact) mass is 766 g/mol. The van der Waals surface area contributed by atoms with Crippen LogP contribution >= 0.6 is 11.8 Å². The summed E-state index contributed by atoms with van der Waals surface area (Å²) in [5, 5.41) is 1.27. The van der Waals surface area contributed by atoms with Crippen molar-refractivity contribution >= 4 is 63.2 Å². The fraction of sp³-hybridized carbons (Fsp3) is 0.295. The zero-order valence-electron chi connectivity index (χ0n) is 32.2. The van der Waals surface area contributed by atoms with Crippen molar-refractivity contribution in [2.75, 3.05) is 0 Å². The number of para-hydroxylation sites is 2. The van der Waals surface area contributed by atoms with Gasteiger partial charge in [-0.25, -0.2) is 9.59 Å². The molecule has 0 saturated heterocycles. The van der Waals surface area contributed by atoms with Gasteiger partial charge in [-0.15, -0.1) is 0 Å². The van der Waals surface area contributed by atoms with Gasteiger partial charge in [0.2, 0.25) is 5.43 Å². The molecule has 6 rings (SSSR count). The first-order chi connectivity index (χ1) is 26.2. The second-order valence-corrected chi connectivity index (χ2v) is 14.5. The maximum Gasteiger partial charge on any atom is 0.346 e. The number of carbonyl (C=O) groups is 4. The highest BCUT2D eigenvalue weighted by molar-refractivity contribution is 7.99. The number of rotatable bonds is 8. The minimum absolute atomic E-state index is 0.0347. The van der Waals surface area contributed by atoms with Crippen molar-refractivity contribution < 1.29 is 42.5 Å². The highest BCUT2D eigenvalue weighted by atomic mass is 32.2. The molecule has 10 nitrogen and oxygen atoms in total. The fourth-order valence-electron chi connectivity index (χ4n) is 5.37. The second kappa shape index (κ2) is 19.6. The Bertz CT molecular complexity index is 2100. The van der Waals surface area contributed by atoms with Gasteiger partial charge >= 0.3 is 23.9 Å². The van der Waals surface area contributed by atoms with Gasteiger partial charge in [0, 0.05) is 15.4 Å². The Balaban J connectivity index is 0.000000203. The summed E-state index contributed by atoms with van der Waals surface area (Å²) in [6, 6.07) is 30.1. The molecule has 0 amide bonds. The lowest BCUT2D eigenvalue weighted by atomic mass is 9.92. The van der Waals surface area contributed by atoms with Crippen molar-refractivity contribution in [1.29, 1.82) is 0 Å². The average Bonchev–Trinajstić information content (AvgIpc) is 3.11. The lowest BCUT2D eigenvalue weighted by molar-refractivity contribution is -0.159. The van der Waals surface area contributed by atoms with E-state index in [-0.39, 0.29) is 41.8 Å². The number of hydrogen-bond acceptors (Lipinski definition) is 11. The van der Waals surface area contributed by atoms with E-state index in [1.807, 2.05) is 84.9 Å². The molecule has 2 heterocycles. The third-order valence-corrected chi connectivity index (χ3v) is 8.53. The standard InChI is InChI=1S/C22H22O4S.C13H8O2.C9H16O4/c1-13(2)25-21(23)20(22(24)26-14(3)4)19-15-9-5-7-11-17(15)27-18-12-8-6-10-16(18)19;14-13-9-5-1-3-7-11(9)15-12-8-4-2-6-10(12)13;1-6(2)12-8(10)5-9(11)13-7(3)4/h5-14H,1-4H3;1-8H;6-7H,5H2,1-4H3. The van der Waals surface area contributed by atoms with Gasteiger partial charge < -0.3 is 23.4 Å². The van der Waals surface area contributed by atoms with Crippen LogP contribution in [0.25, 0.3) is 27.5 Å². The minimum atomic E-state index is -0.665. The number of hydrogen-bond donors (Lipinski definition) is 0. The SMILES string of the molecule is CC(C)OC(=O)C(C(=O)OC(C)C)=C1c2ccccc2Sc2ccccc21.CC(C)OC(=O)CC(=O)OC(C)C.O=c1c2ccccc2oc2ccccc12. The third-order valence-electron chi connectivity index (χ3n) is 7.38. The van der Waals surface area contributed by atoms with Crippen molar-refractivity contribution in [2.45, 2.75) is 96.0 Å². The molecule has 288 valence electrons. The molecule has 0 saturated carbocycles. The lowest BCUT2D eigenvalue weighted by Crippen LogP contribution is -2.25. The van der Waals surface area contributed by atoms with Crippen molar-refractivity contribution in [2.24, 2.45) is 0 Å². The molecule has 0 unspecified atom stereocenters. The average molecular weight is 767 g/mol. The summed E-state index contributed by atoms with van der Waals surface area (Å²) >= 11 is 1.62. The van der Waals surface area contributed by atoms with Crippen LogP contribution in [0.2, 0.25) is 0 Å². The Kier molecular flexibility index (Phi) is 15.0. The molecule has 4 aromatic carbocycles. The molecular weight excluding hydrogens is 721 g/mol. The Labute approximate surface area is 324 Å². The van der Waals surface area contributed by atoms with Crippen LogP contribution in [0.5, 0.6) is 0 Å². The predicted molar refractivity (Wildman–Crippen MR) is 213 cm³/mol. The molecule has 0 atom stereocenters. The first kappa shape index (κ1) is 42.1. The second-order valence-electron chi connectivity index (χ2n) is 13.4. The summed E-state index contributed by atoms with van der Waals surface area (Å²) in [6.45, 7) is 13.9. The molecule has 11 heteroatoms. The van der Waals surface area contributed by atoms with Gasteiger partial charge in [0.25, 0.3) is 0 Å². The van der Waals surface area contributed by atoms with Crippen molar-refractivity contribution in [3.05, 3.63) is 124 Å². The highest BCUT2D eigenvalue weighted by Crippen LogP contribution is 2.46. The molecule has 1 aliphatic rings. The smallest absolute Gasteiger partial charge is 0.346 e. The van der Waals surface area contributed by atoms with Gasteiger partial charge in [0.15, 0.2) is 5.57 Å². The van der Waals surface area contributed by atoms with Crippen LogP contribution < -0.4 is 5.43 Å². The Morgan fingerprint density at radius 2 is 0.891 bits per heavy atom. The van der Waals surface area contributed by atoms with Gasteiger partial charge in [-0.2, -0.15) is 0 Å². The Hall–Kier alpha value is -5.68. The van der Waals surface area contributed by atoms with E-state index in [0.29, 0.717) is 27.5 Å². The molecule has 0 spiro atoms. The van der Waals surface area contributed by atoms with E-state index in [0.717, 1.165) is 20.9 Å². The van der Waals surface area contributed by atoms with Crippen molar-refractivity contribution in [1.82, 2.24) is 0 Å². The Morgan fingerprint density at radius 1 is 0.527 bits per heavy atom. The topological polar surface area (TPSA) is 135 Å². The van der Waals surface area contributed by atoms with Gasteiger partial charge in [-0.05, 0) is 103 Å². The van der Waals surface area contributed by atoms with E-state index in [9.17, 15) is 24.0 Å². The number of carbonyl (C=O) groups excluding carboxylic acids is 4. The predicted octanol–water partition coefficient (Wildman–Crippen LogP) is 9.08. The van der Waals surface area contributed by atoms with Crippen LogP contribution in [0, 0.1) is 0 Å². The summed E-state index contributed by atoms with van der Waals surface area (Å²) in [5.41, 5.74) is 3.49. The van der Waals surface area contributed by atoms with Crippen LogP contribution in [-0.2, 0) is 38.1 Å². The van der Waals surface area contributed by atoms with Gasteiger partial charge in [0.1, 0.15) is 17.6 Å². The normalized spacial score (nSPS) is 11.5. The molecule has 0 bridgehead atoms. The largest absolute Gasteiger partial charge is 0.463 e. The molecule has 55 heavy (non-hydrogen) atoms. The number of fused-ring (bicyclic) bond motifs is 4. The molecule has 5 aromatic rings. The maximum absolute atomic E-state index is 12.9. The van der Waals surface area contributed by atoms with E-state index in [4.69, 9.17) is 23.4 Å². The molecular formula is C44H46O10S. The lowest BCUT2D eigenvalue weighted by Gasteiger charge is -2.24. The summed E-state index contributed by atoms with van der Waals surface area (Å²) < 4.78 is 25.9. The number of ether oxygens (including phenoxy) is 4. The first-order valence-electron chi connectivity index (χ1n) is 18.0. The van der Waals surface area contributed by atoms with E-state index >= 15 is 0 Å². The Morgan fingerprint density at radius 3 is 1.29 bits per heavy atom. The van der Waals surface area contributed by atoms with Crippen molar-refractivity contribution in [3.63, 3.8) is 0 Å². The molecule has 0 aliphatic carbocycles. The first-order valence-corrected chi connectivity index (χ1v) is 18.8. The third kappa shape index (κ3) is 11.7. The summed E-state index contributed by atoms with van der Waals surface area (Å²) in [7, 11) is 0. The molecule has 0 N–H and O–H groups in total. The van der Waals surface area contributed by atoms with Crippen LogP contribution in [0.15, 0.2) is 122 Å². The summed E-state index contributed by atoms with van der Waals surface area (Å²) in [6.07, 6.45) is -1.39. The zero-order valence-corrected chi connectivity index (χ0v) is 33.1. The van der Waals surface area contributed by atoms with Crippen molar-refractivity contribution in [3.8, 4) is 0 Å². The highest BCUT2D eigenvalue weighted by Gasteiger charge is 2.33. The van der Waals surface area contributed by atoms with Crippen LogP contribution in [0.3, 0.4) is 0 Å². The zero-order chi connectivity index (χ0) is 40.2. The van der Waals surface area contributed by atoms with Crippen LogP contribution in [-0.4, -0.2) is 48.3 Å². The van der Waals surface area contributed by atoms with Crippen LogP contribution in [0.1, 0.15) is 72.9 Å². The van der Waals surface area contributed by atoms with E-state index < -0.39 is 23.9 Å². The van der Waals surface area contributed by atoms with Gasteiger partial charge in [0.05, 0.1) is 35.2 Å². The maximum atomic E-state index is 12.9. The number of benzene rings is 4. The fourth-order valence-corrected chi connectivity index (χ4v) is 6.46. The molecule has 0 fully saturated rings. The summed E-state index contributed by atoms with van der Waals surface area (Å²) in [4.78, 5) is 61.7. The van der Waals surface area contributed by atoms with Gasteiger partial charge in [-0.3, -0.25) is 14.4 Å². The quantitative estimate of drug-likeness (QED) is 0.0367. The van der Waals surface area contributed by atoms with E-state index in [2.05, 4.69) is 0 Å². The van der Waals surface area contributed by atoms with E-state index in [1.54, 1.807) is 79.3 Å². The number of esters is 4. The molecule has 1 aromatic heterocycles. The van der Waals surface area contributed by atoms with E-state index in [1.165, 1.54) is 0 Å². The van der Waals surface area contributed by atoms with Gasteiger partial charge in [-0.1, -0.05) is 72.4 Å². The summed E-state index contributed by atoms with van der Waals surface area (Å²) in [5.74, 6) is -2.41. The minimum Gasteiger partial charge on any atom is -0.463 e.